The third-order valence-electron chi connectivity index (χ3n) is 2.44. The highest BCUT2D eigenvalue weighted by Gasteiger charge is 2.25. The SMILES string of the molecule is O=C1CSCC1Cc1ccccc1Cl. The fraction of sp³-hybridized carbons (Fsp3) is 0.364. The second-order valence-electron chi connectivity index (χ2n) is 3.47. The standard InChI is InChI=1S/C11H11ClOS/c12-10-4-2-1-3-8(10)5-9-6-14-7-11(9)13/h1-4,9H,5-7H2. The minimum Gasteiger partial charge on any atom is -0.298 e. The zero-order valence-electron chi connectivity index (χ0n) is 7.70. The molecule has 0 aliphatic carbocycles. The Morgan fingerprint density at radius 3 is 2.86 bits per heavy atom. The molecule has 1 heterocycles. The van der Waals surface area contributed by atoms with Crippen molar-refractivity contribution >= 4 is 29.1 Å². The number of carbonyl (C=O) groups excluding carboxylic acids is 1. The molecule has 0 bridgehead atoms. The molecule has 1 aromatic carbocycles. The number of hydrogen-bond donors (Lipinski definition) is 0. The van der Waals surface area contributed by atoms with E-state index in [2.05, 4.69) is 0 Å². The molecule has 1 aromatic rings. The summed E-state index contributed by atoms with van der Waals surface area (Å²) in [6.07, 6.45) is 0.797. The van der Waals surface area contributed by atoms with E-state index >= 15 is 0 Å². The lowest BCUT2D eigenvalue weighted by Gasteiger charge is -2.08. The van der Waals surface area contributed by atoms with Crippen LogP contribution in [0.15, 0.2) is 24.3 Å². The van der Waals surface area contributed by atoms with E-state index in [4.69, 9.17) is 11.6 Å². The van der Waals surface area contributed by atoms with Gasteiger partial charge in [0, 0.05) is 16.7 Å². The van der Waals surface area contributed by atoms with Gasteiger partial charge in [-0.25, -0.2) is 0 Å². The Balaban J connectivity index is 2.10. The van der Waals surface area contributed by atoms with Crippen LogP contribution in [0.5, 0.6) is 0 Å². The van der Waals surface area contributed by atoms with E-state index in [0.717, 1.165) is 22.8 Å². The predicted octanol–water partition coefficient (Wildman–Crippen LogP) is 2.81. The van der Waals surface area contributed by atoms with Crippen LogP contribution in [0.2, 0.25) is 5.02 Å². The summed E-state index contributed by atoms with van der Waals surface area (Å²) in [5, 5.41) is 0.775. The first-order valence-electron chi connectivity index (χ1n) is 4.61. The van der Waals surface area contributed by atoms with Crippen molar-refractivity contribution in [2.45, 2.75) is 6.42 Å². The lowest BCUT2D eigenvalue weighted by atomic mass is 9.98. The third-order valence-corrected chi connectivity index (χ3v) is 3.94. The highest BCUT2D eigenvalue weighted by atomic mass is 35.5. The molecule has 1 fully saturated rings. The maximum Gasteiger partial charge on any atom is 0.146 e. The first-order chi connectivity index (χ1) is 6.77. The Morgan fingerprint density at radius 2 is 2.21 bits per heavy atom. The third kappa shape index (κ3) is 2.12. The summed E-state index contributed by atoms with van der Waals surface area (Å²) in [7, 11) is 0. The van der Waals surface area contributed by atoms with Gasteiger partial charge in [0.1, 0.15) is 5.78 Å². The molecular weight excluding hydrogens is 216 g/mol. The fourth-order valence-electron chi connectivity index (χ4n) is 1.61. The van der Waals surface area contributed by atoms with E-state index in [1.54, 1.807) is 11.8 Å². The summed E-state index contributed by atoms with van der Waals surface area (Å²) >= 11 is 7.76. The summed E-state index contributed by atoms with van der Waals surface area (Å²) in [6.45, 7) is 0. The molecule has 1 aliphatic heterocycles. The molecule has 0 aromatic heterocycles. The van der Waals surface area contributed by atoms with Crippen LogP contribution in [-0.4, -0.2) is 17.3 Å². The van der Waals surface area contributed by atoms with E-state index < -0.39 is 0 Å². The van der Waals surface area contributed by atoms with Gasteiger partial charge in [-0.15, -0.1) is 0 Å². The lowest BCUT2D eigenvalue weighted by Crippen LogP contribution is -2.14. The van der Waals surface area contributed by atoms with Crippen LogP contribution in [0.1, 0.15) is 5.56 Å². The molecular formula is C11H11ClOS. The van der Waals surface area contributed by atoms with E-state index in [9.17, 15) is 4.79 Å². The number of Topliss-reactive ketones (excluding diaryl/α,β-unsaturated/α-hetero) is 1. The molecule has 0 N–H and O–H groups in total. The predicted molar refractivity (Wildman–Crippen MR) is 61.0 cm³/mol. The Kier molecular flexibility index (Phi) is 3.14. The van der Waals surface area contributed by atoms with Gasteiger partial charge in [0.25, 0.3) is 0 Å². The zero-order valence-corrected chi connectivity index (χ0v) is 9.27. The number of rotatable bonds is 2. The van der Waals surface area contributed by atoms with Crippen molar-refractivity contribution in [2.75, 3.05) is 11.5 Å². The van der Waals surface area contributed by atoms with Crippen LogP contribution in [0.4, 0.5) is 0 Å². The lowest BCUT2D eigenvalue weighted by molar-refractivity contribution is -0.119. The molecule has 3 heteroatoms. The quantitative estimate of drug-likeness (QED) is 0.772. The molecule has 1 saturated heterocycles. The molecule has 1 atom stereocenters. The molecule has 74 valence electrons. The van der Waals surface area contributed by atoms with Crippen molar-refractivity contribution in [1.82, 2.24) is 0 Å². The average molecular weight is 227 g/mol. The van der Waals surface area contributed by atoms with Gasteiger partial charge in [-0.2, -0.15) is 11.8 Å². The molecule has 2 rings (SSSR count). The summed E-state index contributed by atoms with van der Waals surface area (Å²) in [5.74, 6) is 2.17. The summed E-state index contributed by atoms with van der Waals surface area (Å²) in [6, 6.07) is 7.76. The van der Waals surface area contributed by atoms with Gasteiger partial charge in [0.15, 0.2) is 0 Å². The van der Waals surface area contributed by atoms with Gasteiger partial charge in [0.05, 0.1) is 5.75 Å². The van der Waals surface area contributed by atoms with Crippen LogP contribution < -0.4 is 0 Å². The minimum atomic E-state index is 0.180. The van der Waals surface area contributed by atoms with Crippen molar-refractivity contribution in [2.24, 2.45) is 5.92 Å². The van der Waals surface area contributed by atoms with Crippen LogP contribution in [-0.2, 0) is 11.2 Å². The smallest absolute Gasteiger partial charge is 0.146 e. The number of carbonyl (C=O) groups is 1. The molecule has 1 aliphatic rings. The normalized spacial score (nSPS) is 21.5. The van der Waals surface area contributed by atoms with Gasteiger partial charge < -0.3 is 0 Å². The second kappa shape index (κ2) is 4.37. The highest BCUT2D eigenvalue weighted by molar-refractivity contribution is 8.00. The number of halogens is 1. The summed E-state index contributed by atoms with van der Waals surface area (Å²) in [5.41, 5.74) is 1.09. The Bertz CT molecular complexity index is 351. The summed E-state index contributed by atoms with van der Waals surface area (Å²) in [4.78, 5) is 11.4. The Labute approximate surface area is 92.8 Å². The molecule has 14 heavy (non-hydrogen) atoms. The molecule has 0 spiro atoms. The van der Waals surface area contributed by atoms with Crippen LogP contribution in [0, 0.1) is 5.92 Å². The maximum atomic E-state index is 11.4. The van der Waals surface area contributed by atoms with Crippen LogP contribution in [0.25, 0.3) is 0 Å². The summed E-state index contributed by atoms with van der Waals surface area (Å²) < 4.78 is 0. The van der Waals surface area contributed by atoms with Gasteiger partial charge in [-0.3, -0.25) is 4.79 Å². The molecule has 0 radical (unpaired) electrons. The molecule has 0 saturated carbocycles. The van der Waals surface area contributed by atoms with Crippen molar-refractivity contribution in [3.05, 3.63) is 34.9 Å². The average Bonchev–Trinajstić information content (AvgIpc) is 2.56. The van der Waals surface area contributed by atoms with Crippen molar-refractivity contribution in [1.29, 1.82) is 0 Å². The van der Waals surface area contributed by atoms with Crippen molar-refractivity contribution < 1.29 is 4.79 Å². The minimum absolute atomic E-state index is 0.180. The first-order valence-corrected chi connectivity index (χ1v) is 6.14. The number of thioether (sulfide) groups is 1. The highest BCUT2D eigenvalue weighted by Crippen LogP contribution is 2.26. The van der Waals surface area contributed by atoms with Gasteiger partial charge in [-0.1, -0.05) is 29.8 Å². The van der Waals surface area contributed by atoms with Crippen LogP contribution in [0.3, 0.4) is 0 Å². The Morgan fingerprint density at radius 1 is 1.43 bits per heavy atom. The van der Waals surface area contributed by atoms with E-state index in [1.807, 2.05) is 24.3 Å². The number of hydrogen-bond acceptors (Lipinski definition) is 2. The first kappa shape index (κ1) is 10.1. The second-order valence-corrected chi connectivity index (χ2v) is 4.91. The number of benzene rings is 1. The monoisotopic (exact) mass is 226 g/mol. The van der Waals surface area contributed by atoms with Crippen molar-refractivity contribution in [3.63, 3.8) is 0 Å². The van der Waals surface area contributed by atoms with E-state index in [-0.39, 0.29) is 5.92 Å². The van der Waals surface area contributed by atoms with Gasteiger partial charge in [0.2, 0.25) is 0 Å². The van der Waals surface area contributed by atoms with E-state index in [0.29, 0.717) is 11.5 Å². The van der Waals surface area contributed by atoms with E-state index in [1.165, 1.54) is 0 Å². The topological polar surface area (TPSA) is 17.1 Å². The zero-order chi connectivity index (χ0) is 9.97. The largest absolute Gasteiger partial charge is 0.298 e. The molecule has 0 amide bonds. The van der Waals surface area contributed by atoms with Gasteiger partial charge >= 0.3 is 0 Å². The maximum absolute atomic E-state index is 11.4. The number of ketones is 1. The molecule has 1 nitrogen and oxygen atoms in total. The molecule has 1 unspecified atom stereocenters. The Hall–Kier alpha value is -0.470. The van der Waals surface area contributed by atoms with Gasteiger partial charge in [-0.05, 0) is 18.1 Å². The van der Waals surface area contributed by atoms with Crippen LogP contribution >= 0.6 is 23.4 Å². The van der Waals surface area contributed by atoms with Crippen molar-refractivity contribution in [3.8, 4) is 0 Å². The fourth-order valence-corrected chi connectivity index (χ4v) is 2.97.